The molecule has 20 heavy (non-hydrogen) atoms. The van der Waals surface area contributed by atoms with Crippen molar-refractivity contribution in [3.63, 3.8) is 0 Å². The van der Waals surface area contributed by atoms with Crippen molar-refractivity contribution in [2.24, 2.45) is 5.92 Å². The van der Waals surface area contributed by atoms with Crippen molar-refractivity contribution < 1.29 is 0 Å². The smallest absolute Gasteiger partial charge is 0.0328 e. The molecule has 4 heteroatoms. The van der Waals surface area contributed by atoms with E-state index in [-0.39, 0.29) is 0 Å². The lowest BCUT2D eigenvalue weighted by Crippen LogP contribution is -2.31. The molecule has 1 unspecified atom stereocenters. The van der Waals surface area contributed by atoms with E-state index >= 15 is 0 Å². The van der Waals surface area contributed by atoms with Crippen LogP contribution in [0.15, 0.2) is 12.1 Å². The fraction of sp³-hybridized carbons (Fsp3) is 0.750. The number of nitrogens with zero attached hydrogens (tertiary/aromatic N) is 2. The Kier molecular flexibility index (Phi) is 6.02. The highest BCUT2D eigenvalue weighted by atomic mass is 32.1. The minimum absolute atomic E-state index is 0.724. The molecule has 1 saturated heterocycles. The van der Waals surface area contributed by atoms with Crippen LogP contribution in [0.4, 0.5) is 0 Å². The van der Waals surface area contributed by atoms with Gasteiger partial charge in [-0.1, -0.05) is 13.8 Å². The Morgan fingerprint density at radius 2 is 2.10 bits per heavy atom. The third-order valence-electron chi connectivity index (χ3n) is 3.93. The van der Waals surface area contributed by atoms with Gasteiger partial charge in [-0.25, -0.2) is 0 Å². The Morgan fingerprint density at radius 3 is 2.75 bits per heavy atom. The zero-order valence-electron chi connectivity index (χ0n) is 13.4. The summed E-state index contributed by atoms with van der Waals surface area (Å²) in [5.74, 6) is 0.724. The standard InChI is InChI=1S/C16H29N3S/c1-13(2)9-17-10-15-5-6-16(20-15)12-19-8-7-14(11-19)18(3)4/h5-6,13-14,17H,7-12H2,1-4H3. The highest BCUT2D eigenvalue weighted by molar-refractivity contribution is 7.11. The van der Waals surface area contributed by atoms with Crippen molar-refractivity contribution in [3.8, 4) is 0 Å². The molecular weight excluding hydrogens is 266 g/mol. The first kappa shape index (κ1) is 16.0. The average molecular weight is 295 g/mol. The van der Waals surface area contributed by atoms with Gasteiger partial charge >= 0.3 is 0 Å². The molecule has 3 nitrogen and oxygen atoms in total. The minimum Gasteiger partial charge on any atom is -0.312 e. The van der Waals surface area contributed by atoms with Gasteiger partial charge in [-0.15, -0.1) is 11.3 Å². The van der Waals surface area contributed by atoms with Crippen LogP contribution < -0.4 is 5.32 Å². The van der Waals surface area contributed by atoms with E-state index < -0.39 is 0 Å². The third kappa shape index (κ3) is 4.85. The van der Waals surface area contributed by atoms with E-state index in [9.17, 15) is 0 Å². The number of nitrogens with one attached hydrogen (secondary N) is 1. The lowest BCUT2D eigenvalue weighted by atomic mass is 10.2. The molecule has 0 aliphatic carbocycles. The van der Waals surface area contributed by atoms with Gasteiger partial charge in [0.25, 0.3) is 0 Å². The molecule has 2 heterocycles. The van der Waals surface area contributed by atoms with Gasteiger partial charge < -0.3 is 10.2 Å². The normalized spacial score (nSPS) is 20.4. The first-order valence-corrected chi connectivity index (χ1v) is 8.53. The quantitative estimate of drug-likeness (QED) is 0.834. The van der Waals surface area contributed by atoms with Crippen LogP contribution in [-0.2, 0) is 13.1 Å². The second-order valence-electron chi connectivity index (χ2n) is 6.53. The van der Waals surface area contributed by atoms with Gasteiger partial charge in [-0.3, -0.25) is 4.90 Å². The van der Waals surface area contributed by atoms with E-state index in [0.29, 0.717) is 0 Å². The summed E-state index contributed by atoms with van der Waals surface area (Å²) in [5, 5.41) is 3.52. The van der Waals surface area contributed by atoms with Gasteiger partial charge in [0, 0.05) is 42.0 Å². The molecule has 0 aromatic carbocycles. The van der Waals surface area contributed by atoms with Crippen LogP contribution in [0.25, 0.3) is 0 Å². The molecule has 0 saturated carbocycles. The number of thiophene rings is 1. The maximum absolute atomic E-state index is 3.52. The van der Waals surface area contributed by atoms with Crippen LogP contribution in [0.5, 0.6) is 0 Å². The number of rotatable bonds is 7. The Labute approximate surface area is 128 Å². The summed E-state index contributed by atoms with van der Waals surface area (Å²) in [6.45, 7) is 10.2. The van der Waals surface area contributed by atoms with E-state index in [1.165, 1.54) is 29.3 Å². The van der Waals surface area contributed by atoms with Crippen LogP contribution in [0.3, 0.4) is 0 Å². The van der Waals surface area contributed by atoms with Crippen molar-refractivity contribution in [1.82, 2.24) is 15.1 Å². The number of hydrogen-bond donors (Lipinski definition) is 1. The fourth-order valence-electron chi connectivity index (χ4n) is 2.68. The van der Waals surface area contributed by atoms with Gasteiger partial charge in [-0.05, 0) is 45.1 Å². The molecule has 1 aromatic rings. The Morgan fingerprint density at radius 1 is 1.35 bits per heavy atom. The summed E-state index contributed by atoms with van der Waals surface area (Å²) >= 11 is 1.96. The van der Waals surface area contributed by atoms with Crippen molar-refractivity contribution in [3.05, 3.63) is 21.9 Å². The summed E-state index contributed by atoms with van der Waals surface area (Å²) in [6, 6.07) is 5.33. The minimum atomic E-state index is 0.724. The summed E-state index contributed by atoms with van der Waals surface area (Å²) in [4.78, 5) is 7.91. The van der Waals surface area contributed by atoms with E-state index in [1.54, 1.807) is 0 Å². The van der Waals surface area contributed by atoms with Crippen LogP contribution >= 0.6 is 11.3 Å². The highest BCUT2D eigenvalue weighted by Gasteiger charge is 2.23. The van der Waals surface area contributed by atoms with Crippen LogP contribution in [0.1, 0.15) is 30.0 Å². The van der Waals surface area contributed by atoms with Crippen molar-refractivity contribution in [2.75, 3.05) is 33.7 Å². The molecule has 0 spiro atoms. The molecule has 0 bridgehead atoms. The summed E-state index contributed by atoms with van der Waals surface area (Å²) < 4.78 is 0. The first-order chi connectivity index (χ1) is 9.54. The zero-order chi connectivity index (χ0) is 14.5. The van der Waals surface area contributed by atoms with Crippen molar-refractivity contribution in [1.29, 1.82) is 0 Å². The predicted octanol–water partition coefficient (Wildman–Crippen LogP) is 2.63. The summed E-state index contributed by atoms with van der Waals surface area (Å²) in [5.41, 5.74) is 0. The molecule has 2 rings (SSSR count). The number of likely N-dealkylation sites (tertiary alicyclic amines) is 1. The molecule has 0 amide bonds. The molecule has 1 aliphatic rings. The van der Waals surface area contributed by atoms with Gasteiger partial charge in [0.15, 0.2) is 0 Å². The largest absolute Gasteiger partial charge is 0.312 e. The monoisotopic (exact) mass is 295 g/mol. The van der Waals surface area contributed by atoms with Crippen LogP contribution in [0.2, 0.25) is 0 Å². The van der Waals surface area contributed by atoms with Gasteiger partial charge in [0.1, 0.15) is 0 Å². The number of hydrogen-bond acceptors (Lipinski definition) is 4. The Bertz CT molecular complexity index is 400. The van der Waals surface area contributed by atoms with Crippen LogP contribution in [0, 0.1) is 5.92 Å². The van der Waals surface area contributed by atoms with Crippen molar-refractivity contribution in [2.45, 2.75) is 39.4 Å². The van der Waals surface area contributed by atoms with Gasteiger partial charge in [0.05, 0.1) is 0 Å². The fourth-order valence-corrected chi connectivity index (χ4v) is 3.71. The molecule has 1 aromatic heterocycles. The van der Waals surface area contributed by atoms with E-state index in [1.807, 2.05) is 11.3 Å². The predicted molar refractivity (Wildman–Crippen MR) is 88.2 cm³/mol. The number of likely N-dealkylation sites (N-methyl/N-ethyl adjacent to an activating group) is 1. The molecule has 1 N–H and O–H groups in total. The molecule has 114 valence electrons. The molecule has 1 atom stereocenters. The SMILES string of the molecule is CC(C)CNCc1ccc(CN2CCC(N(C)C)C2)s1. The van der Waals surface area contributed by atoms with E-state index in [2.05, 4.69) is 55.2 Å². The van der Waals surface area contributed by atoms with E-state index in [0.717, 1.165) is 31.6 Å². The lowest BCUT2D eigenvalue weighted by Gasteiger charge is -2.19. The van der Waals surface area contributed by atoms with Crippen molar-refractivity contribution >= 4 is 11.3 Å². The molecular formula is C16H29N3S. The second-order valence-corrected chi connectivity index (χ2v) is 7.79. The second kappa shape index (κ2) is 7.55. The average Bonchev–Trinajstić information content (AvgIpc) is 2.99. The van der Waals surface area contributed by atoms with Gasteiger partial charge in [0.2, 0.25) is 0 Å². The topological polar surface area (TPSA) is 18.5 Å². The van der Waals surface area contributed by atoms with Crippen LogP contribution in [-0.4, -0.2) is 49.6 Å². The molecule has 1 fully saturated rings. The van der Waals surface area contributed by atoms with E-state index in [4.69, 9.17) is 0 Å². The molecule has 1 aliphatic heterocycles. The Hall–Kier alpha value is -0.420. The highest BCUT2D eigenvalue weighted by Crippen LogP contribution is 2.21. The Balaban J connectivity index is 1.75. The lowest BCUT2D eigenvalue weighted by molar-refractivity contribution is 0.266. The zero-order valence-corrected chi connectivity index (χ0v) is 14.2. The first-order valence-electron chi connectivity index (χ1n) is 7.71. The maximum atomic E-state index is 3.52. The molecule has 0 radical (unpaired) electrons. The third-order valence-corrected chi connectivity index (χ3v) is 5.00. The maximum Gasteiger partial charge on any atom is 0.0328 e. The summed E-state index contributed by atoms with van der Waals surface area (Å²) in [7, 11) is 4.38. The van der Waals surface area contributed by atoms with Gasteiger partial charge in [-0.2, -0.15) is 0 Å². The summed E-state index contributed by atoms with van der Waals surface area (Å²) in [6.07, 6.45) is 1.31.